The molecule has 0 aromatic heterocycles. The fourth-order valence-corrected chi connectivity index (χ4v) is 6.54. The van der Waals surface area contributed by atoms with Crippen LogP contribution >= 0.6 is 0 Å². The fourth-order valence-electron chi connectivity index (χ4n) is 6.54. The zero-order valence-corrected chi connectivity index (χ0v) is 26.7. The van der Waals surface area contributed by atoms with Crippen molar-refractivity contribution in [3.05, 3.63) is 124 Å². The van der Waals surface area contributed by atoms with Gasteiger partial charge in [0.15, 0.2) is 0 Å². The van der Waals surface area contributed by atoms with Crippen molar-refractivity contribution in [1.82, 2.24) is 0 Å². The van der Waals surface area contributed by atoms with E-state index in [1.54, 1.807) is 0 Å². The van der Waals surface area contributed by atoms with E-state index >= 15 is 0 Å². The molecule has 0 bridgehead atoms. The fraction of sp³-hybridized carbons (Fsp3) is 0.306. The van der Waals surface area contributed by atoms with Crippen molar-refractivity contribution in [3.8, 4) is 22.3 Å². The molecule has 186 valence electrons. The standard InChI is InChI=1S/C36H37.Hf/c1-35(2,3)33-19-17-27-25-13-9-7-11-23(25)21-31(27)29(33)15-16-30-32-22-24-12-8-10-14-26(24)28(32)18-20-34(30)36(4,5)6;/h7-15,17-20H,16,21-22H2,1-6H3;/q-1;. The van der Waals surface area contributed by atoms with Crippen LogP contribution in [0.5, 0.6) is 0 Å². The largest absolute Gasteiger partial charge is 0.184 e. The molecular formula is C36H37Hf-. The number of hydrogen-bond donors (Lipinski definition) is 0. The van der Waals surface area contributed by atoms with E-state index in [0.29, 0.717) is 0 Å². The molecular weight excluding hydrogens is 611 g/mol. The van der Waals surface area contributed by atoms with Gasteiger partial charge in [0.25, 0.3) is 0 Å². The Labute approximate surface area is 242 Å². The Morgan fingerprint density at radius 1 is 0.568 bits per heavy atom. The van der Waals surface area contributed by atoms with E-state index in [2.05, 4.69) is 121 Å². The first kappa shape index (κ1) is 26.2. The molecule has 4 aromatic rings. The van der Waals surface area contributed by atoms with Gasteiger partial charge in [-0.1, -0.05) is 126 Å². The SMILES string of the molecule is CC(C)(C)c1ccc2c(c1[CH-]Cc1c(C(C)(C)C)ccc3c1Cc1ccccc1-3)Cc1ccccc1-2.[Hf]. The van der Waals surface area contributed by atoms with Crippen molar-refractivity contribution in [2.75, 3.05) is 0 Å². The normalized spacial score (nSPS) is 13.4. The molecule has 0 N–H and O–H groups in total. The Balaban J connectivity index is 0.00000280. The Kier molecular flexibility index (Phi) is 6.68. The predicted octanol–water partition coefficient (Wildman–Crippen LogP) is 9.22. The second-order valence-corrected chi connectivity index (χ2v) is 12.7. The quantitative estimate of drug-likeness (QED) is 0.133. The van der Waals surface area contributed by atoms with Gasteiger partial charge in [-0.05, 0) is 62.8 Å². The molecule has 2 aliphatic carbocycles. The van der Waals surface area contributed by atoms with Gasteiger partial charge in [-0.15, -0.1) is 17.2 Å². The molecule has 0 saturated heterocycles. The van der Waals surface area contributed by atoms with E-state index in [0.717, 1.165) is 19.3 Å². The van der Waals surface area contributed by atoms with Gasteiger partial charge in [0.2, 0.25) is 0 Å². The summed E-state index contributed by atoms with van der Waals surface area (Å²) in [7, 11) is 0. The maximum Gasteiger partial charge on any atom is 0 e. The smallest absolute Gasteiger partial charge is 0 e. The van der Waals surface area contributed by atoms with Crippen LogP contribution in [0.4, 0.5) is 0 Å². The number of hydrogen-bond acceptors (Lipinski definition) is 0. The second-order valence-electron chi connectivity index (χ2n) is 12.7. The molecule has 0 unspecified atom stereocenters. The van der Waals surface area contributed by atoms with Crippen LogP contribution in [0, 0.1) is 6.42 Å². The van der Waals surface area contributed by atoms with Crippen LogP contribution in [0.1, 0.15) is 86.1 Å². The summed E-state index contributed by atoms with van der Waals surface area (Å²) in [4.78, 5) is 0. The maximum absolute atomic E-state index is 2.57. The molecule has 1 heteroatoms. The molecule has 0 saturated carbocycles. The number of fused-ring (bicyclic) bond motifs is 6. The molecule has 4 aromatic carbocycles. The second kappa shape index (κ2) is 9.42. The van der Waals surface area contributed by atoms with Crippen LogP contribution in [-0.2, 0) is 55.9 Å². The third-order valence-electron chi connectivity index (χ3n) is 8.26. The third kappa shape index (κ3) is 4.48. The molecule has 0 amide bonds. The van der Waals surface area contributed by atoms with Crippen LogP contribution in [0.25, 0.3) is 22.3 Å². The van der Waals surface area contributed by atoms with E-state index in [1.165, 1.54) is 66.8 Å². The van der Waals surface area contributed by atoms with Crippen molar-refractivity contribution in [2.24, 2.45) is 0 Å². The van der Waals surface area contributed by atoms with Gasteiger partial charge in [-0.25, -0.2) is 0 Å². The molecule has 6 rings (SSSR count). The minimum Gasteiger partial charge on any atom is -0.184 e. The van der Waals surface area contributed by atoms with Crippen molar-refractivity contribution < 1.29 is 25.8 Å². The van der Waals surface area contributed by atoms with Crippen molar-refractivity contribution >= 4 is 0 Å². The van der Waals surface area contributed by atoms with E-state index in [1.807, 2.05) is 0 Å². The topological polar surface area (TPSA) is 0 Å². The van der Waals surface area contributed by atoms with Crippen LogP contribution in [-0.4, -0.2) is 0 Å². The Morgan fingerprint density at radius 3 is 1.62 bits per heavy atom. The molecule has 0 nitrogen and oxygen atoms in total. The molecule has 0 spiro atoms. The summed E-state index contributed by atoms with van der Waals surface area (Å²) in [5.74, 6) is 0. The third-order valence-corrected chi connectivity index (χ3v) is 8.26. The van der Waals surface area contributed by atoms with E-state index < -0.39 is 0 Å². The zero-order chi connectivity index (χ0) is 25.2. The minimum absolute atomic E-state index is 0. The Hall–Kier alpha value is -2.38. The van der Waals surface area contributed by atoms with Gasteiger partial charge in [0, 0.05) is 25.8 Å². The van der Waals surface area contributed by atoms with Gasteiger partial charge in [0.1, 0.15) is 0 Å². The Morgan fingerprint density at radius 2 is 1.05 bits per heavy atom. The van der Waals surface area contributed by atoms with Crippen LogP contribution in [0.3, 0.4) is 0 Å². The Bertz CT molecular complexity index is 1380. The summed E-state index contributed by atoms with van der Waals surface area (Å²) < 4.78 is 0. The van der Waals surface area contributed by atoms with Crippen molar-refractivity contribution in [1.29, 1.82) is 0 Å². The summed E-state index contributed by atoms with van der Waals surface area (Å²) in [6, 6.07) is 27.5. The average molecular weight is 648 g/mol. The molecule has 0 fully saturated rings. The zero-order valence-electron chi connectivity index (χ0n) is 23.1. The molecule has 0 radical (unpaired) electrons. The molecule has 37 heavy (non-hydrogen) atoms. The first-order valence-corrected chi connectivity index (χ1v) is 13.4. The summed E-state index contributed by atoms with van der Waals surface area (Å²) in [5.41, 5.74) is 17.8. The van der Waals surface area contributed by atoms with Crippen LogP contribution in [0.2, 0.25) is 0 Å². The summed E-state index contributed by atoms with van der Waals surface area (Å²) in [6.07, 6.45) is 5.62. The first-order valence-electron chi connectivity index (χ1n) is 13.4. The number of benzene rings is 4. The average Bonchev–Trinajstić information content (AvgIpc) is 3.39. The monoisotopic (exact) mass is 649 g/mol. The van der Waals surface area contributed by atoms with Crippen LogP contribution in [0.15, 0.2) is 72.8 Å². The first-order chi connectivity index (χ1) is 17.1. The van der Waals surface area contributed by atoms with E-state index in [-0.39, 0.29) is 36.7 Å². The van der Waals surface area contributed by atoms with Gasteiger partial charge in [0.05, 0.1) is 0 Å². The molecule has 2 aliphatic rings. The predicted molar refractivity (Wildman–Crippen MR) is 154 cm³/mol. The molecule has 0 aliphatic heterocycles. The van der Waals surface area contributed by atoms with Gasteiger partial charge in [-0.3, -0.25) is 0 Å². The summed E-state index contributed by atoms with van der Waals surface area (Å²) in [5, 5.41) is 0. The van der Waals surface area contributed by atoms with E-state index in [4.69, 9.17) is 0 Å². The van der Waals surface area contributed by atoms with Crippen molar-refractivity contribution in [2.45, 2.75) is 71.6 Å². The molecule has 0 heterocycles. The van der Waals surface area contributed by atoms with Crippen LogP contribution < -0.4 is 0 Å². The summed E-state index contributed by atoms with van der Waals surface area (Å²) in [6.45, 7) is 14.1. The number of rotatable bonds is 3. The minimum atomic E-state index is 0. The molecule has 0 atom stereocenters. The maximum atomic E-state index is 2.57. The van der Waals surface area contributed by atoms with Gasteiger partial charge in [-0.2, -0.15) is 12.0 Å². The van der Waals surface area contributed by atoms with E-state index in [9.17, 15) is 0 Å². The van der Waals surface area contributed by atoms with Gasteiger partial charge < -0.3 is 0 Å². The van der Waals surface area contributed by atoms with Gasteiger partial charge >= 0.3 is 0 Å². The van der Waals surface area contributed by atoms with Crippen molar-refractivity contribution in [3.63, 3.8) is 0 Å². The summed E-state index contributed by atoms with van der Waals surface area (Å²) >= 11 is 0.